The fraction of sp³-hybridized carbons (Fsp3) is 0.471. The molecule has 0 spiro atoms. The van der Waals surface area contributed by atoms with E-state index in [1.54, 1.807) is 12.1 Å². The zero-order chi connectivity index (χ0) is 15.2. The number of carbonyl (C=O) groups is 1. The Bertz CT molecular complexity index is 523. The molecular weight excluding hydrogens is 284 g/mol. The summed E-state index contributed by atoms with van der Waals surface area (Å²) >= 11 is 6.13. The molecule has 0 bridgehead atoms. The van der Waals surface area contributed by atoms with E-state index in [0.717, 1.165) is 39.1 Å². The number of hydrogen-bond donors (Lipinski definition) is 0. The normalized spacial score (nSPS) is 16.4. The molecular formula is C17H23ClN2O. The standard InChI is InChI=1S/C17H23ClN2O/c1-14(2)8-11-19-9-5-10-20(13-12-19)17(21)15-6-3-4-7-16(15)18/h3-4,6-8H,5,9-13H2,1-2H3. The van der Waals surface area contributed by atoms with Gasteiger partial charge in [0.2, 0.25) is 0 Å². The molecule has 21 heavy (non-hydrogen) atoms. The van der Waals surface area contributed by atoms with Gasteiger partial charge in [-0.3, -0.25) is 9.69 Å². The maximum atomic E-state index is 12.6. The van der Waals surface area contributed by atoms with Gasteiger partial charge in [0.05, 0.1) is 10.6 Å². The minimum Gasteiger partial charge on any atom is -0.337 e. The Balaban J connectivity index is 1.98. The summed E-state index contributed by atoms with van der Waals surface area (Å²) in [4.78, 5) is 16.9. The lowest BCUT2D eigenvalue weighted by atomic mass is 10.2. The molecule has 0 saturated carbocycles. The van der Waals surface area contributed by atoms with Crippen molar-refractivity contribution >= 4 is 17.5 Å². The van der Waals surface area contributed by atoms with E-state index in [1.165, 1.54) is 5.57 Å². The van der Waals surface area contributed by atoms with Crippen LogP contribution in [0.4, 0.5) is 0 Å². The van der Waals surface area contributed by atoms with Crippen molar-refractivity contribution < 1.29 is 4.79 Å². The van der Waals surface area contributed by atoms with Crippen molar-refractivity contribution in [1.82, 2.24) is 9.80 Å². The van der Waals surface area contributed by atoms with Crippen LogP contribution >= 0.6 is 11.6 Å². The monoisotopic (exact) mass is 306 g/mol. The average molecular weight is 307 g/mol. The van der Waals surface area contributed by atoms with E-state index in [0.29, 0.717) is 10.6 Å². The summed E-state index contributed by atoms with van der Waals surface area (Å²) < 4.78 is 0. The second kappa shape index (κ2) is 7.62. The van der Waals surface area contributed by atoms with E-state index >= 15 is 0 Å². The van der Waals surface area contributed by atoms with Crippen LogP contribution < -0.4 is 0 Å². The van der Waals surface area contributed by atoms with Crippen molar-refractivity contribution in [1.29, 1.82) is 0 Å². The molecule has 1 aromatic rings. The van der Waals surface area contributed by atoms with Gasteiger partial charge in [0.1, 0.15) is 0 Å². The number of rotatable bonds is 3. The highest BCUT2D eigenvalue weighted by molar-refractivity contribution is 6.33. The molecule has 2 rings (SSSR count). The summed E-state index contributed by atoms with van der Waals surface area (Å²) in [5, 5.41) is 0.535. The third-order valence-corrected chi connectivity index (χ3v) is 4.07. The fourth-order valence-electron chi connectivity index (χ4n) is 2.47. The van der Waals surface area contributed by atoms with Gasteiger partial charge in [0, 0.05) is 32.7 Å². The summed E-state index contributed by atoms with van der Waals surface area (Å²) in [5.41, 5.74) is 1.94. The Labute approximate surface area is 132 Å². The largest absolute Gasteiger partial charge is 0.337 e. The van der Waals surface area contributed by atoms with Gasteiger partial charge >= 0.3 is 0 Å². The second-order valence-electron chi connectivity index (χ2n) is 5.71. The lowest BCUT2D eigenvalue weighted by Crippen LogP contribution is -2.35. The molecule has 1 amide bonds. The van der Waals surface area contributed by atoms with Gasteiger partial charge < -0.3 is 4.90 Å². The summed E-state index contributed by atoms with van der Waals surface area (Å²) in [6.45, 7) is 8.72. The van der Waals surface area contributed by atoms with Crippen molar-refractivity contribution in [3.8, 4) is 0 Å². The minimum atomic E-state index is 0.0460. The molecule has 1 aromatic carbocycles. The Morgan fingerprint density at radius 1 is 1.19 bits per heavy atom. The minimum absolute atomic E-state index is 0.0460. The number of amides is 1. The third-order valence-electron chi connectivity index (χ3n) is 3.74. The number of halogens is 1. The van der Waals surface area contributed by atoms with Crippen LogP contribution in [0.15, 0.2) is 35.9 Å². The molecule has 1 aliphatic heterocycles. The lowest BCUT2D eigenvalue weighted by Gasteiger charge is -2.22. The van der Waals surface area contributed by atoms with E-state index in [2.05, 4.69) is 24.8 Å². The van der Waals surface area contributed by atoms with Crippen molar-refractivity contribution in [2.75, 3.05) is 32.7 Å². The highest BCUT2D eigenvalue weighted by atomic mass is 35.5. The first-order valence-corrected chi connectivity index (χ1v) is 7.85. The van der Waals surface area contributed by atoms with Gasteiger partial charge in [0.15, 0.2) is 0 Å². The van der Waals surface area contributed by atoms with E-state index < -0.39 is 0 Å². The molecule has 1 aliphatic rings. The second-order valence-corrected chi connectivity index (χ2v) is 6.11. The third kappa shape index (κ3) is 4.58. The maximum Gasteiger partial charge on any atom is 0.255 e. The Morgan fingerprint density at radius 3 is 2.67 bits per heavy atom. The molecule has 4 heteroatoms. The van der Waals surface area contributed by atoms with Crippen LogP contribution in [-0.2, 0) is 0 Å². The van der Waals surface area contributed by atoms with Crippen molar-refractivity contribution in [3.05, 3.63) is 46.5 Å². The highest BCUT2D eigenvalue weighted by Gasteiger charge is 2.21. The van der Waals surface area contributed by atoms with E-state index in [-0.39, 0.29) is 5.91 Å². The molecule has 0 atom stereocenters. The Kier molecular flexibility index (Phi) is 5.83. The fourth-order valence-corrected chi connectivity index (χ4v) is 2.69. The molecule has 114 valence electrons. The van der Waals surface area contributed by atoms with Crippen LogP contribution in [0.3, 0.4) is 0 Å². The number of carbonyl (C=O) groups excluding carboxylic acids is 1. The van der Waals surface area contributed by atoms with Crippen LogP contribution in [0.1, 0.15) is 30.6 Å². The van der Waals surface area contributed by atoms with Gasteiger partial charge in [-0.05, 0) is 32.4 Å². The predicted molar refractivity (Wildman–Crippen MR) is 87.8 cm³/mol. The van der Waals surface area contributed by atoms with Crippen molar-refractivity contribution in [2.24, 2.45) is 0 Å². The van der Waals surface area contributed by atoms with E-state index in [9.17, 15) is 4.79 Å². The molecule has 3 nitrogen and oxygen atoms in total. The number of allylic oxidation sites excluding steroid dienone is 1. The quantitative estimate of drug-likeness (QED) is 0.799. The van der Waals surface area contributed by atoms with Crippen LogP contribution in [-0.4, -0.2) is 48.4 Å². The van der Waals surface area contributed by atoms with Gasteiger partial charge in [0.25, 0.3) is 5.91 Å². The summed E-state index contributed by atoms with van der Waals surface area (Å²) in [6, 6.07) is 7.28. The maximum absolute atomic E-state index is 12.6. The Morgan fingerprint density at radius 2 is 1.95 bits per heavy atom. The zero-order valence-corrected chi connectivity index (χ0v) is 13.6. The Hall–Kier alpha value is -1.32. The molecule has 0 radical (unpaired) electrons. The zero-order valence-electron chi connectivity index (χ0n) is 12.8. The summed E-state index contributed by atoms with van der Waals surface area (Å²) in [5.74, 6) is 0.0460. The average Bonchev–Trinajstić information content (AvgIpc) is 2.70. The lowest BCUT2D eigenvalue weighted by molar-refractivity contribution is 0.0762. The predicted octanol–water partition coefficient (Wildman–Crippen LogP) is 3.45. The van der Waals surface area contributed by atoms with Gasteiger partial charge in [-0.25, -0.2) is 0 Å². The molecule has 0 aliphatic carbocycles. The summed E-state index contributed by atoms with van der Waals surface area (Å²) in [7, 11) is 0. The molecule has 0 aromatic heterocycles. The SMILES string of the molecule is CC(C)=CCN1CCCN(C(=O)c2ccccc2Cl)CC1. The smallest absolute Gasteiger partial charge is 0.255 e. The first-order chi connectivity index (χ1) is 10.1. The van der Waals surface area contributed by atoms with Crippen LogP contribution in [0.5, 0.6) is 0 Å². The molecule has 1 saturated heterocycles. The van der Waals surface area contributed by atoms with Crippen molar-refractivity contribution in [3.63, 3.8) is 0 Å². The van der Waals surface area contributed by atoms with Gasteiger partial charge in [-0.1, -0.05) is 35.4 Å². The number of nitrogens with zero attached hydrogens (tertiary/aromatic N) is 2. The number of hydrogen-bond acceptors (Lipinski definition) is 2. The topological polar surface area (TPSA) is 23.6 Å². The van der Waals surface area contributed by atoms with Crippen molar-refractivity contribution in [2.45, 2.75) is 20.3 Å². The van der Waals surface area contributed by atoms with E-state index in [1.807, 2.05) is 17.0 Å². The molecule has 1 fully saturated rings. The molecule has 1 heterocycles. The molecule has 0 N–H and O–H groups in total. The van der Waals surface area contributed by atoms with Gasteiger partial charge in [-0.15, -0.1) is 0 Å². The van der Waals surface area contributed by atoms with Gasteiger partial charge in [-0.2, -0.15) is 0 Å². The highest BCUT2D eigenvalue weighted by Crippen LogP contribution is 2.18. The first-order valence-electron chi connectivity index (χ1n) is 7.47. The van der Waals surface area contributed by atoms with Crippen LogP contribution in [0.2, 0.25) is 5.02 Å². The van der Waals surface area contributed by atoms with Crippen LogP contribution in [0.25, 0.3) is 0 Å². The summed E-state index contributed by atoms with van der Waals surface area (Å²) in [6.07, 6.45) is 3.25. The van der Waals surface area contributed by atoms with E-state index in [4.69, 9.17) is 11.6 Å². The van der Waals surface area contributed by atoms with Crippen LogP contribution in [0, 0.1) is 0 Å². The number of benzene rings is 1. The first kappa shape index (κ1) is 16.1. The molecule has 0 unspecified atom stereocenters.